The third-order valence-corrected chi connectivity index (χ3v) is 5.41. The minimum absolute atomic E-state index is 0.0336. The van der Waals surface area contributed by atoms with Crippen molar-refractivity contribution >= 4 is 40.3 Å². The number of Topliss-reactive ketones (excluding diaryl/α,β-unsaturated/α-hetero) is 1. The van der Waals surface area contributed by atoms with Crippen LogP contribution in [0.2, 0.25) is 0 Å². The zero-order valence-corrected chi connectivity index (χ0v) is 17.3. The molecule has 0 bridgehead atoms. The first kappa shape index (κ1) is 20.6. The fourth-order valence-electron chi connectivity index (χ4n) is 2.87. The monoisotopic (exact) mass is 436 g/mol. The Balaban J connectivity index is 1.42. The summed E-state index contributed by atoms with van der Waals surface area (Å²) >= 11 is 1.22. The third-order valence-electron chi connectivity index (χ3n) is 4.43. The van der Waals surface area contributed by atoms with E-state index in [0.717, 1.165) is 5.56 Å². The van der Waals surface area contributed by atoms with E-state index in [9.17, 15) is 14.0 Å². The highest BCUT2D eigenvalue weighted by Crippen LogP contribution is 2.23. The van der Waals surface area contributed by atoms with Gasteiger partial charge < -0.3 is 5.32 Å². The van der Waals surface area contributed by atoms with Gasteiger partial charge in [0.1, 0.15) is 17.2 Å². The minimum Gasteiger partial charge on any atom is -0.325 e. The number of benzene rings is 2. The number of aromatic nitrogens is 5. The Hall–Kier alpha value is -3.66. The lowest BCUT2D eigenvalue weighted by Crippen LogP contribution is -2.14. The predicted molar refractivity (Wildman–Crippen MR) is 114 cm³/mol. The van der Waals surface area contributed by atoms with Crippen molar-refractivity contribution in [2.75, 3.05) is 11.1 Å². The fraction of sp³-hybridized carbons (Fsp3) is 0.143. The number of anilines is 1. The van der Waals surface area contributed by atoms with Gasteiger partial charge in [0.25, 0.3) is 0 Å². The van der Waals surface area contributed by atoms with E-state index < -0.39 is 0 Å². The number of halogens is 1. The quantitative estimate of drug-likeness (QED) is 0.269. The smallest absolute Gasteiger partial charge is 0.234 e. The molecular formula is C21H17FN6O2S. The van der Waals surface area contributed by atoms with Crippen LogP contribution in [0.5, 0.6) is 0 Å². The number of hydrogen-bond acceptors (Lipinski definition) is 7. The van der Waals surface area contributed by atoms with Gasteiger partial charge in [-0.25, -0.2) is 19.0 Å². The number of ketones is 1. The minimum atomic E-state index is -0.304. The molecule has 0 saturated carbocycles. The maximum absolute atomic E-state index is 13.1. The molecule has 0 unspecified atom stereocenters. The molecule has 2 heterocycles. The second-order valence-electron chi connectivity index (χ2n) is 6.69. The molecule has 4 aromatic rings. The summed E-state index contributed by atoms with van der Waals surface area (Å²) in [6, 6.07) is 12.8. The fourth-order valence-corrected chi connectivity index (χ4v) is 3.60. The van der Waals surface area contributed by atoms with Gasteiger partial charge in [-0.3, -0.25) is 9.59 Å². The largest absolute Gasteiger partial charge is 0.325 e. The van der Waals surface area contributed by atoms with Gasteiger partial charge in [0.05, 0.1) is 12.3 Å². The summed E-state index contributed by atoms with van der Waals surface area (Å²) in [4.78, 5) is 32.1. The van der Waals surface area contributed by atoms with Crippen LogP contribution in [0.25, 0.3) is 11.2 Å². The summed E-state index contributed by atoms with van der Waals surface area (Å²) < 4.78 is 14.7. The average molecular weight is 436 g/mol. The van der Waals surface area contributed by atoms with Crippen LogP contribution in [0.15, 0.2) is 59.9 Å². The summed E-state index contributed by atoms with van der Waals surface area (Å²) in [6.45, 7) is 1.87. The second kappa shape index (κ2) is 9.00. The summed E-state index contributed by atoms with van der Waals surface area (Å²) in [6.07, 6.45) is 1.40. The molecule has 0 aliphatic rings. The number of carbonyl (C=O) groups excluding carboxylic acids is 2. The lowest BCUT2D eigenvalue weighted by Gasteiger charge is -2.06. The Bertz CT molecular complexity index is 1240. The standard InChI is InChI=1S/C21H17FN6O2S/c1-13(29)15-4-8-17(9-5-15)25-18(30)11-31-21-19-20(23-12-24-21)28(27-26-19)10-14-2-6-16(22)7-3-14/h2-9,12H,10-11H2,1H3,(H,25,30). The molecule has 0 aliphatic heterocycles. The van der Waals surface area contributed by atoms with Gasteiger partial charge in [-0.2, -0.15) is 0 Å². The molecule has 31 heavy (non-hydrogen) atoms. The van der Waals surface area contributed by atoms with Gasteiger partial charge in [-0.15, -0.1) is 5.10 Å². The Morgan fingerprint density at radius 2 is 1.81 bits per heavy atom. The molecule has 0 aliphatic carbocycles. The molecule has 0 saturated heterocycles. The average Bonchev–Trinajstić information content (AvgIpc) is 3.17. The number of nitrogens with one attached hydrogen (secondary N) is 1. The SMILES string of the molecule is CC(=O)c1ccc(NC(=O)CSc2ncnc3c2nnn3Cc2ccc(F)cc2)cc1. The van der Waals surface area contributed by atoms with Crippen molar-refractivity contribution < 1.29 is 14.0 Å². The van der Waals surface area contributed by atoms with Crippen LogP contribution in [0, 0.1) is 5.82 Å². The molecule has 0 radical (unpaired) electrons. The Morgan fingerprint density at radius 1 is 1.06 bits per heavy atom. The van der Waals surface area contributed by atoms with E-state index in [1.165, 1.54) is 37.1 Å². The number of fused-ring (bicyclic) bond motifs is 1. The summed E-state index contributed by atoms with van der Waals surface area (Å²) in [5.41, 5.74) is 3.07. The van der Waals surface area contributed by atoms with Gasteiger partial charge in [-0.05, 0) is 48.9 Å². The number of nitrogens with zero attached hydrogens (tertiary/aromatic N) is 5. The second-order valence-corrected chi connectivity index (χ2v) is 7.66. The Kier molecular flexibility index (Phi) is 5.99. The molecule has 1 N–H and O–H groups in total. The highest BCUT2D eigenvalue weighted by atomic mass is 32.2. The van der Waals surface area contributed by atoms with Crippen molar-refractivity contribution in [2.24, 2.45) is 0 Å². The van der Waals surface area contributed by atoms with E-state index >= 15 is 0 Å². The maximum Gasteiger partial charge on any atom is 0.234 e. The molecule has 0 fully saturated rings. The van der Waals surface area contributed by atoms with Crippen molar-refractivity contribution in [2.45, 2.75) is 18.5 Å². The molecule has 2 aromatic heterocycles. The first-order chi connectivity index (χ1) is 15.0. The molecule has 2 aromatic carbocycles. The number of amides is 1. The zero-order chi connectivity index (χ0) is 21.8. The van der Waals surface area contributed by atoms with Crippen molar-refractivity contribution in [3.8, 4) is 0 Å². The van der Waals surface area contributed by atoms with E-state index in [0.29, 0.717) is 34.0 Å². The maximum atomic E-state index is 13.1. The first-order valence-electron chi connectivity index (χ1n) is 9.32. The molecule has 156 valence electrons. The van der Waals surface area contributed by atoms with Gasteiger partial charge in [0.15, 0.2) is 16.9 Å². The first-order valence-corrected chi connectivity index (χ1v) is 10.3. The summed E-state index contributed by atoms with van der Waals surface area (Å²) in [5, 5.41) is 11.6. The van der Waals surface area contributed by atoms with Crippen LogP contribution in [0.3, 0.4) is 0 Å². The molecular weight excluding hydrogens is 419 g/mol. The highest BCUT2D eigenvalue weighted by molar-refractivity contribution is 8.00. The van der Waals surface area contributed by atoms with Crippen molar-refractivity contribution in [3.63, 3.8) is 0 Å². The van der Waals surface area contributed by atoms with Crippen molar-refractivity contribution in [3.05, 3.63) is 71.8 Å². The van der Waals surface area contributed by atoms with E-state index in [2.05, 4.69) is 25.6 Å². The Morgan fingerprint density at radius 3 is 2.52 bits per heavy atom. The van der Waals surface area contributed by atoms with Gasteiger partial charge in [0.2, 0.25) is 5.91 Å². The van der Waals surface area contributed by atoms with Gasteiger partial charge >= 0.3 is 0 Å². The molecule has 0 spiro atoms. The normalized spacial score (nSPS) is 10.9. The lowest BCUT2D eigenvalue weighted by atomic mass is 10.1. The van der Waals surface area contributed by atoms with Crippen LogP contribution in [0.4, 0.5) is 10.1 Å². The van der Waals surface area contributed by atoms with Crippen molar-refractivity contribution in [1.29, 1.82) is 0 Å². The number of carbonyl (C=O) groups is 2. The zero-order valence-electron chi connectivity index (χ0n) is 16.4. The van der Waals surface area contributed by atoms with Crippen LogP contribution >= 0.6 is 11.8 Å². The topological polar surface area (TPSA) is 103 Å². The van der Waals surface area contributed by atoms with E-state index in [4.69, 9.17) is 0 Å². The predicted octanol–water partition coefficient (Wildman–Crippen LogP) is 3.34. The molecule has 1 amide bonds. The van der Waals surface area contributed by atoms with E-state index in [1.54, 1.807) is 41.1 Å². The number of thioether (sulfide) groups is 1. The highest BCUT2D eigenvalue weighted by Gasteiger charge is 2.14. The van der Waals surface area contributed by atoms with Crippen LogP contribution in [0.1, 0.15) is 22.8 Å². The molecule has 0 atom stereocenters. The lowest BCUT2D eigenvalue weighted by molar-refractivity contribution is -0.113. The summed E-state index contributed by atoms with van der Waals surface area (Å²) in [7, 11) is 0. The van der Waals surface area contributed by atoms with Crippen molar-refractivity contribution in [1.82, 2.24) is 25.0 Å². The van der Waals surface area contributed by atoms with E-state index in [1.807, 2.05) is 0 Å². The molecule has 4 rings (SSSR count). The van der Waals surface area contributed by atoms with Crippen LogP contribution in [-0.4, -0.2) is 42.4 Å². The molecule has 10 heteroatoms. The Labute approximate surface area is 180 Å². The molecule has 8 nitrogen and oxygen atoms in total. The third kappa shape index (κ3) is 4.92. The van der Waals surface area contributed by atoms with Crippen LogP contribution < -0.4 is 5.32 Å². The van der Waals surface area contributed by atoms with Gasteiger partial charge in [-0.1, -0.05) is 29.1 Å². The van der Waals surface area contributed by atoms with E-state index in [-0.39, 0.29) is 23.3 Å². The van der Waals surface area contributed by atoms with Crippen LogP contribution in [-0.2, 0) is 11.3 Å². The summed E-state index contributed by atoms with van der Waals surface area (Å²) in [5.74, 6) is -0.438. The number of rotatable bonds is 7. The van der Waals surface area contributed by atoms with Gasteiger partial charge in [0, 0.05) is 11.3 Å². The number of hydrogen-bond donors (Lipinski definition) is 1.